The summed E-state index contributed by atoms with van der Waals surface area (Å²) in [4.78, 5) is 16.8. The average molecular weight is 352 g/mol. The molecule has 0 spiro atoms. The zero-order valence-electron chi connectivity index (χ0n) is 14.1. The van der Waals surface area contributed by atoms with E-state index in [4.69, 9.17) is 9.78 Å². The molecule has 6 nitrogen and oxygen atoms in total. The number of nitrogens with zero attached hydrogens (tertiary/aromatic N) is 4. The number of aromatic nitrogens is 3. The molecule has 0 saturated carbocycles. The summed E-state index contributed by atoms with van der Waals surface area (Å²) < 4.78 is 7.04. The number of Topliss-reactive ketones (excluding diaryl/α,β-unsaturated/α-hetero) is 1. The molecule has 0 saturated heterocycles. The number of thioether (sulfide) groups is 1. The van der Waals surface area contributed by atoms with Gasteiger partial charge in [-0.1, -0.05) is 16.9 Å². The fourth-order valence-electron chi connectivity index (χ4n) is 2.63. The van der Waals surface area contributed by atoms with Gasteiger partial charge in [-0.05, 0) is 39.0 Å². The van der Waals surface area contributed by atoms with Crippen LogP contribution in [0, 0.1) is 32.1 Å². The Labute approximate surface area is 149 Å². The maximum absolute atomic E-state index is 12.6. The minimum atomic E-state index is 0.00808. The highest BCUT2D eigenvalue weighted by molar-refractivity contribution is 7.99. The SMILES string of the molecule is Cc1cc(-n2c(C)cc(C(=O)CSc3cc(C#N)ccn3)c2C)no1. The van der Waals surface area contributed by atoms with E-state index in [0.29, 0.717) is 22.0 Å². The van der Waals surface area contributed by atoms with Gasteiger partial charge in [-0.15, -0.1) is 0 Å². The molecule has 0 aliphatic rings. The number of hydrogen-bond acceptors (Lipinski definition) is 6. The van der Waals surface area contributed by atoms with Crippen molar-refractivity contribution in [2.24, 2.45) is 0 Å². The number of carbonyl (C=O) groups is 1. The Morgan fingerprint density at radius 3 is 2.80 bits per heavy atom. The molecule has 3 aromatic heterocycles. The molecule has 0 aliphatic carbocycles. The van der Waals surface area contributed by atoms with Crippen LogP contribution in [0.3, 0.4) is 0 Å². The van der Waals surface area contributed by atoms with Crippen LogP contribution in [0.2, 0.25) is 0 Å². The molecular weight excluding hydrogens is 336 g/mol. The molecule has 0 fully saturated rings. The molecule has 25 heavy (non-hydrogen) atoms. The van der Waals surface area contributed by atoms with E-state index in [1.807, 2.05) is 37.5 Å². The van der Waals surface area contributed by atoms with Crippen molar-refractivity contribution in [2.75, 3.05) is 5.75 Å². The lowest BCUT2D eigenvalue weighted by Gasteiger charge is -2.05. The van der Waals surface area contributed by atoms with E-state index in [1.165, 1.54) is 11.8 Å². The van der Waals surface area contributed by atoms with Crippen LogP contribution in [-0.2, 0) is 0 Å². The Morgan fingerprint density at radius 1 is 1.32 bits per heavy atom. The van der Waals surface area contributed by atoms with Crippen LogP contribution in [0.4, 0.5) is 0 Å². The van der Waals surface area contributed by atoms with Crippen molar-refractivity contribution in [1.29, 1.82) is 5.26 Å². The number of rotatable bonds is 5. The number of aryl methyl sites for hydroxylation is 2. The molecule has 0 unspecified atom stereocenters. The molecule has 3 aromatic rings. The van der Waals surface area contributed by atoms with Crippen molar-refractivity contribution < 1.29 is 9.32 Å². The van der Waals surface area contributed by atoms with Crippen molar-refractivity contribution in [1.82, 2.24) is 14.7 Å². The predicted octanol–water partition coefficient (Wildman–Crippen LogP) is 3.63. The summed E-state index contributed by atoms with van der Waals surface area (Å²) in [6.45, 7) is 5.65. The quantitative estimate of drug-likeness (QED) is 0.515. The predicted molar refractivity (Wildman–Crippen MR) is 94.0 cm³/mol. The van der Waals surface area contributed by atoms with Gasteiger partial charge in [0.25, 0.3) is 0 Å². The highest BCUT2D eigenvalue weighted by atomic mass is 32.2. The molecular formula is C18H16N4O2S. The molecule has 0 aromatic carbocycles. The van der Waals surface area contributed by atoms with Crippen LogP contribution in [0.25, 0.3) is 5.82 Å². The van der Waals surface area contributed by atoms with Gasteiger partial charge in [-0.2, -0.15) is 5.26 Å². The maximum Gasteiger partial charge on any atom is 0.180 e. The zero-order valence-corrected chi connectivity index (χ0v) is 14.9. The van der Waals surface area contributed by atoms with Gasteiger partial charge in [0.1, 0.15) is 5.76 Å². The summed E-state index contributed by atoms with van der Waals surface area (Å²) >= 11 is 1.32. The van der Waals surface area contributed by atoms with Crippen LogP contribution in [0.1, 0.15) is 33.1 Å². The topological polar surface area (TPSA) is 84.7 Å². The summed E-state index contributed by atoms with van der Waals surface area (Å²) in [5.74, 6) is 1.65. The first-order valence-corrected chi connectivity index (χ1v) is 8.63. The zero-order chi connectivity index (χ0) is 18.0. The van der Waals surface area contributed by atoms with Crippen molar-refractivity contribution in [2.45, 2.75) is 25.8 Å². The third-order valence-electron chi connectivity index (χ3n) is 3.79. The Balaban J connectivity index is 1.80. The summed E-state index contributed by atoms with van der Waals surface area (Å²) in [7, 11) is 0. The average Bonchev–Trinajstić information content (AvgIpc) is 3.15. The van der Waals surface area contributed by atoms with Crippen molar-refractivity contribution >= 4 is 17.5 Å². The molecule has 0 atom stereocenters. The van der Waals surface area contributed by atoms with Crippen LogP contribution in [-0.4, -0.2) is 26.2 Å². The lowest BCUT2D eigenvalue weighted by atomic mass is 10.2. The summed E-state index contributed by atoms with van der Waals surface area (Å²) in [5.41, 5.74) is 2.94. The number of nitriles is 1. The van der Waals surface area contributed by atoms with Gasteiger partial charge in [-0.3, -0.25) is 9.36 Å². The molecule has 0 bridgehead atoms. The lowest BCUT2D eigenvalue weighted by Crippen LogP contribution is -2.06. The van der Waals surface area contributed by atoms with E-state index in [-0.39, 0.29) is 11.5 Å². The number of ketones is 1. The standard InChI is InChI=1S/C18H16N4O2S/c1-11-6-15(13(3)22(11)17-7-12(2)24-21-17)16(23)10-25-18-8-14(9-19)4-5-20-18/h4-8H,10H2,1-3H3. The molecule has 3 rings (SSSR count). The second-order valence-corrected chi connectivity index (χ2v) is 6.62. The van der Waals surface area contributed by atoms with E-state index in [9.17, 15) is 4.79 Å². The molecule has 0 N–H and O–H groups in total. The van der Waals surface area contributed by atoms with E-state index in [2.05, 4.69) is 16.2 Å². The second kappa shape index (κ2) is 6.95. The van der Waals surface area contributed by atoms with E-state index in [1.54, 1.807) is 18.3 Å². The minimum Gasteiger partial charge on any atom is -0.360 e. The monoisotopic (exact) mass is 352 g/mol. The van der Waals surface area contributed by atoms with Gasteiger partial charge < -0.3 is 4.52 Å². The van der Waals surface area contributed by atoms with Crippen molar-refractivity contribution in [3.05, 3.63) is 58.7 Å². The fourth-order valence-corrected chi connectivity index (χ4v) is 3.41. The Bertz CT molecular complexity index is 981. The first-order valence-electron chi connectivity index (χ1n) is 7.64. The Morgan fingerprint density at radius 2 is 2.12 bits per heavy atom. The first-order chi connectivity index (χ1) is 12.0. The second-order valence-electron chi connectivity index (χ2n) is 5.62. The van der Waals surface area contributed by atoms with Crippen molar-refractivity contribution in [3.63, 3.8) is 0 Å². The van der Waals surface area contributed by atoms with E-state index < -0.39 is 0 Å². The normalized spacial score (nSPS) is 10.6. The van der Waals surface area contributed by atoms with E-state index in [0.717, 1.165) is 17.1 Å². The van der Waals surface area contributed by atoms with E-state index >= 15 is 0 Å². The maximum atomic E-state index is 12.6. The smallest absolute Gasteiger partial charge is 0.180 e. The molecule has 7 heteroatoms. The third kappa shape index (κ3) is 3.49. The largest absolute Gasteiger partial charge is 0.360 e. The number of hydrogen-bond donors (Lipinski definition) is 0. The molecule has 3 heterocycles. The van der Waals surface area contributed by atoms with Gasteiger partial charge in [0, 0.05) is 29.2 Å². The molecule has 0 radical (unpaired) electrons. The van der Waals surface area contributed by atoms with Gasteiger partial charge in [0.15, 0.2) is 11.6 Å². The lowest BCUT2D eigenvalue weighted by molar-refractivity contribution is 0.102. The van der Waals surface area contributed by atoms with Gasteiger partial charge in [0.2, 0.25) is 0 Å². The fraction of sp³-hybridized carbons (Fsp3) is 0.222. The minimum absolute atomic E-state index is 0.00808. The highest BCUT2D eigenvalue weighted by Crippen LogP contribution is 2.24. The molecule has 126 valence electrons. The molecule has 0 aliphatic heterocycles. The number of carbonyl (C=O) groups excluding carboxylic acids is 1. The highest BCUT2D eigenvalue weighted by Gasteiger charge is 2.18. The van der Waals surface area contributed by atoms with Gasteiger partial charge in [0.05, 0.1) is 22.4 Å². The number of pyridine rings is 1. The van der Waals surface area contributed by atoms with Crippen LogP contribution in [0.5, 0.6) is 0 Å². The summed E-state index contributed by atoms with van der Waals surface area (Å²) in [6, 6.07) is 9.08. The Hall–Kier alpha value is -2.85. The van der Waals surface area contributed by atoms with Gasteiger partial charge >= 0.3 is 0 Å². The van der Waals surface area contributed by atoms with Gasteiger partial charge in [-0.25, -0.2) is 4.98 Å². The summed E-state index contributed by atoms with van der Waals surface area (Å²) in [5, 5.41) is 13.6. The van der Waals surface area contributed by atoms with Crippen LogP contribution < -0.4 is 0 Å². The Kier molecular flexibility index (Phi) is 4.72. The van der Waals surface area contributed by atoms with Crippen LogP contribution in [0.15, 0.2) is 40.0 Å². The third-order valence-corrected chi connectivity index (χ3v) is 4.72. The van der Waals surface area contributed by atoms with Crippen LogP contribution >= 0.6 is 11.8 Å². The first kappa shape index (κ1) is 17.0. The molecule has 0 amide bonds. The van der Waals surface area contributed by atoms with Crippen molar-refractivity contribution in [3.8, 4) is 11.9 Å². The summed E-state index contributed by atoms with van der Waals surface area (Å²) in [6.07, 6.45) is 1.57.